The standard InChI is InChI=1S/C20H33N3O4S/c1-16-7-5-8-17(2)19(16)27-13-6-10-21-20(24)23(12-11-22(3)4)18-9-14-28(25,26)15-18/h5,7-8,18H,6,9-15H2,1-4H3,(H,21,24). The fourth-order valence-corrected chi connectivity index (χ4v) is 5.08. The molecule has 1 aliphatic heterocycles. The van der Waals surface area contributed by atoms with Crippen molar-refractivity contribution >= 4 is 15.9 Å². The molecule has 2 rings (SSSR count). The van der Waals surface area contributed by atoms with Crippen LogP contribution >= 0.6 is 0 Å². The summed E-state index contributed by atoms with van der Waals surface area (Å²) in [6.45, 7) is 6.24. The maximum atomic E-state index is 12.7. The quantitative estimate of drug-likeness (QED) is 0.627. The summed E-state index contributed by atoms with van der Waals surface area (Å²) in [7, 11) is 0.838. The molecule has 0 spiro atoms. The highest BCUT2D eigenvalue weighted by Gasteiger charge is 2.34. The Balaban J connectivity index is 1.82. The van der Waals surface area contributed by atoms with Crippen LogP contribution in [0.4, 0.5) is 4.79 Å². The first kappa shape index (κ1) is 22.5. The lowest BCUT2D eigenvalue weighted by Crippen LogP contribution is -2.49. The van der Waals surface area contributed by atoms with E-state index in [0.29, 0.717) is 39.1 Å². The van der Waals surface area contributed by atoms with Crippen LogP contribution in [0.3, 0.4) is 0 Å². The predicted molar refractivity (Wildman–Crippen MR) is 112 cm³/mol. The topological polar surface area (TPSA) is 79.0 Å². The molecule has 28 heavy (non-hydrogen) atoms. The first-order valence-electron chi connectivity index (χ1n) is 9.78. The van der Waals surface area contributed by atoms with E-state index in [4.69, 9.17) is 4.74 Å². The molecule has 1 saturated heterocycles. The molecule has 0 aromatic heterocycles. The van der Waals surface area contributed by atoms with Crippen molar-refractivity contribution in [2.45, 2.75) is 32.7 Å². The molecule has 7 nitrogen and oxygen atoms in total. The van der Waals surface area contributed by atoms with Gasteiger partial charge in [-0.15, -0.1) is 0 Å². The van der Waals surface area contributed by atoms with Crippen molar-refractivity contribution in [1.29, 1.82) is 0 Å². The number of sulfone groups is 1. The lowest BCUT2D eigenvalue weighted by atomic mass is 10.1. The molecular weight excluding hydrogens is 378 g/mol. The van der Waals surface area contributed by atoms with E-state index in [1.54, 1.807) is 4.90 Å². The molecule has 1 fully saturated rings. The van der Waals surface area contributed by atoms with Crippen LogP contribution in [0.1, 0.15) is 24.0 Å². The maximum absolute atomic E-state index is 12.7. The smallest absolute Gasteiger partial charge is 0.317 e. The van der Waals surface area contributed by atoms with Crippen LogP contribution in [0.25, 0.3) is 0 Å². The highest BCUT2D eigenvalue weighted by atomic mass is 32.2. The minimum Gasteiger partial charge on any atom is -0.493 e. The molecule has 1 aromatic carbocycles. The zero-order valence-electron chi connectivity index (χ0n) is 17.4. The molecule has 1 atom stereocenters. The maximum Gasteiger partial charge on any atom is 0.317 e. The van der Waals surface area contributed by atoms with Gasteiger partial charge in [0.15, 0.2) is 9.84 Å². The van der Waals surface area contributed by atoms with Gasteiger partial charge in [0, 0.05) is 25.7 Å². The molecule has 1 unspecified atom stereocenters. The highest BCUT2D eigenvalue weighted by Crippen LogP contribution is 2.22. The number of nitrogens with one attached hydrogen (secondary N) is 1. The van der Waals surface area contributed by atoms with Crippen LogP contribution in [0.2, 0.25) is 0 Å². The second kappa shape index (κ2) is 10.1. The molecule has 1 N–H and O–H groups in total. The van der Waals surface area contributed by atoms with E-state index < -0.39 is 9.84 Å². The third kappa shape index (κ3) is 6.67. The van der Waals surface area contributed by atoms with Gasteiger partial charge in [-0.05, 0) is 51.9 Å². The number of benzene rings is 1. The molecule has 2 amide bonds. The van der Waals surface area contributed by atoms with Crippen molar-refractivity contribution in [3.63, 3.8) is 0 Å². The fraction of sp³-hybridized carbons (Fsp3) is 0.650. The average Bonchev–Trinajstić information content (AvgIpc) is 2.96. The van der Waals surface area contributed by atoms with Gasteiger partial charge in [-0.1, -0.05) is 18.2 Å². The number of amides is 2. The zero-order valence-corrected chi connectivity index (χ0v) is 18.2. The van der Waals surface area contributed by atoms with Crippen LogP contribution < -0.4 is 10.1 Å². The summed E-state index contributed by atoms with van der Waals surface area (Å²) in [5.74, 6) is 1.12. The van der Waals surface area contributed by atoms with E-state index >= 15 is 0 Å². The van der Waals surface area contributed by atoms with Gasteiger partial charge in [-0.3, -0.25) is 0 Å². The van der Waals surface area contributed by atoms with E-state index in [1.165, 1.54) is 0 Å². The van der Waals surface area contributed by atoms with Gasteiger partial charge in [0.1, 0.15) is 5.75 Å². The Morgan fingerprint density at radius 2 is 1.89 bits per heavy atom. The minimum atomic E-state index is -3.04. The normalized spacial score (nSPS) is 18.2. The predicted octanol–water partition coefficient (Wildman–Crippen LogP) is 1.83. The number of hydrogen-bond donors (Lipinski definition) is 1. The summed E-state index contributed by atoms with van der Waals surface area (Å²) in [5, 5.41) is 2.92. The lowest BCUT2D eigenvalue weighted by Gasteiger charge is -2.29. The van der Waals surface area contributed by atoms with Crippen LogP contribution in [-0.4, -0.2) is 82.1 Å². The van der Waals surface area contributed by atoms with Gasteiger partial charge in [0.2, 0.25) is 0 Å². The number of ether oxygens (including phenoxy) is 1. The molecule has 158 valence electrons. The van der Waals surface area contributed by atoms with Gasteiger partial charge < -0.3 is 19.9 Å². The van der Waals surface area contributed by atoms with Gasteiger partial charge in [0.05, 0.1) is 18.1 Å². The van der Waals surface area contributed by atoms with Crippen molar-refractivity contribution < 1.29 is 17.9 Å². The molecule has 0 radical (unpaired) electrons. The van der Waals surface area contributed by atoms with Crippen molar-refractivity contribution in [2.75, 3.05) is 51.8 Å². The van der Waals surface area contributed by atoms with E-state index in [0.717, 1.165) is 16.9 Å². The van der Waals surface area contributed by atoms with Crippen molar-refractivity contribution in [3.05, 3.63) is 29.3 Å². The number of carbonyl (C=O) groups excluding carboxylic acids is 1. The fourth-order valence-electron chi connectivity index (χ4n) is 3.35. The van der Waals surface area contributed by atoms with E-state index in [1.807, 2.05) is 51.0 Å². The molecule has 8 heteroatoms. The first-order valence-corrected chi connectivity index (χ1v) is 11.6. The third-order valence-electron chi connectivity index (χ3n) is 4.95. The summed E-state index contributed by atoms with van der Waals surface area (Å²) in [6.07, 6.45) is 1.20. The van der Waals surface area contributed by atoms with Gasteiger partial charge in [0.25, 0.3) is 0 Å². The van der Waals surface area contributed by atoms with Gasteiger partial charge in [-0.25, -0.2) is 13.2 Å². The number of nitrogens with zero attached hydrogens (tertiary/aromatic N) is 2. The SMILES string of the molecule is Cc1cccc(C)c1OCCCNC(=O)N(CCN(C)C)C1CCS(=O)(=O)C1. The number of para-hydroxylation sites is 1. The lowest BCUT2D eigenvalue weighted by molar-refractivity contribution is 0.172. The van der Waals surface area contributed by atoms with Crippen molar-refractivity contribution in [1.82, 2.24) is 15.1 Å². The van der Waals surface area contributed by atoms with Crippen LogP contribution in [0, 0.1) is 13.8 Å². The Hall–Kier alpha value is -1.80. The monoisotopic (exact) mass is 411 g/mol. The highest BCUT2D eigenvalue weighted by molar-refractivity contribution is 7.91. The van der Waals surface area contributed by atoms with Crippen molar-refractivity contribution in [3.8, 4) is 5.75 Å². The number of hydrogen-bond acceptors (Lipinski definition) is 5. The third-order valence-corrected chi connectivity index (χ3v) is 6.70. The van der Waals surface area contributed by atoms with Crippen LogP contribution in [0.5, 0.6) is 5.75 Å². The number of carbonyl (C=O) groups is 1. The van der Waals surface area contributed by atoms with E-state index in [9.17, 15) is 13.2 Å². The molecule has 1 aliphatic rings. The number of rotatable bonds is 9. The van der Waals surface area contributed by atoms with Gasteiger partial charge >= 0.3 is 6.03 Å². The molecule has 1 aromatic rings. The second-order valence-electron chi connectivity index (χ2n) is 7.71. The van der Waals surface area contributed by atoms with E-state index in [-0.39, 0.29) is 23.6 Å². The largest absolute Gasteiger partial charge is 0.493 e. The second-order valence-corrected chi connectivity index (χ2v) is 9.94. The molecular formula is C20H33N3O4S. The molecule has 0 saturated carbocycles. The van der Waals surface area contributed by atoms with Crippen molar-refractivity contribution in [2.24, 2.45) is 0 Å². The Kier molecular flexibility index (Phi) is 8.12. The molecule has 0 aliphatic carbocycles. The average molecular weight is 412 g/mol. The summed E-state index contributed by atoms with van der Waals surface area (Å²) in [5.41, 5.74) is 2.20. The Bertz CT molecular complexity index is 744. The number of aryl methyl sites for hydroxylation is 2. The number of likely N-dealkylation sites (N-methyl/N-ethyl adjacent to an activating group) is 1. The van der Waals surface area contributed by atoms with Crippen LogP contribution in [-0.2, 0) is 9.84 Å². The Morgan fingerprint density at radius 1 is 1.21 bits per heavy atom. The van der Waals surface area contributed by atoms with E-state index in [2.05, 4.69) is 5.32 Å². The van der Waals surface area contributed by atoms with Gasteiger partial charge in [-0.2, -0.15) is 0 Å². The summed E-state index contributed by atoms with van der Waals surface area (Å²) in [6, 6.07) is 5.60. The van der Waals surface area contributed by atoms with Crippen LogP contribution in [0.15, 0.2) is 18.2 Å². The zero-order chi connectivity index (χ0) is 20.7. The number of urea groups is 1. The Labute approximate surface area is 169 Å². The summed E-state index contributed by atoms with van der Waals surface area (Å²) >= 11 is 0. The molecule has 0 bridgehead atoms. The molecule has 1 heterocycles. The summed E-state index contributed by atoms with van der Waals surface area (Å²) in [4.78, 5) is 16.3. The first-order chi connectivity index (χ1) is 13.2. The summed E-state index contributed by atoms with van der Waals surface area (Å²) < 4.78 is 29.5. The minimum absolute atomic E-state index is 0.0590. The Morgan fingerprint density at radius 3 is 2.46 bits per heavy atom.